The van der Waals surface area contributed by atoms with Crippen LogP contribution < -0.4 is 5.73 Å². The van der Waals surface area contributed by atoms with Crippen molar-refractivity contribution in [1.29, 1.82) is 0 Å². The number of benzene rings is 1. The molecule has 5 nitrogen and oxygen atoms in total. The van der Waals surface area contributed by atoms with E-state index in [0.717, 1.165) is 37.9 Å². The molecule has 0 radical (unpaired) electrons. The normalized spacial score (nSPS) is 22.1. The number of piperidine rings is 1. The van der Waals surface area contributed by atoms with Gasteiger partial charge >= 0.3 is 0 Å². The first kappa shape index (κ1) is 22.7. The van der Waals surface area contributed by atoms with E-state index in [9.17, 15) is 9.59 Å². The fourth-order valence-electron chi connectivity index (χ4n) is 4.29. The SMILES string of the molecule is CCC(C)C(=O)N1Cc2ccccc2CC1C(=O)N1CCC(C(C)N)CC1.Cl. The van der Waals surface area contributed by atoms with Crippen LogP contribution in [0.2, 0.25) is 0 Å². The highest BCUT2D eigenvalue weighted by Gasteiger charge is 2.38. The molecule has 2 amide bonds. The minimum atomic E-state index is -0.381. The van der Waals surface area contributed by atoms with Gasteiger partial charge in [-0.3, -0.25) is 9.59 Å². The van der Waals surface area contributed by atoms with Crippen molar-refractivity contribution in [2.75, 3.05) is 13.1 Å². The Morgan fingerprint density at radius 2 is 1.75 bits per heavy atom. The van der Waals surface area contributed by atoms with E-state index in [2.05, 4.69) is 12.1 Å². The number of fused-ring (bicyclic) bond motifs is 1. The van der Waals surface area contributed by atoms with Gasteiger partial charge in [0.2, 0.25) is 11.8 Å². The lowest BCUT2D eigenvalue weighted by Gasteiger charge is -2.41. The Morgan fingerprint density at radius 1 is 1.14 bits per heavy atom. The van der Waals surface area contributed by atoms with Crippen molar-refractivity contribution in [1.82, 2.24) is 9.80 Å². The molecule has 0 saturated carbocycles. The fraction of sp³-hybridized carbons (Fsp3) is 0.636. The molecule has 2 aliphatic rings. The molecule has 0 bridgehead atoms. The lowest BCUT2D eigenvalue weighted by atomic mass is 9.89. The fourth-order valence-corrected chi connectivity index (χ4v) is 4.29. The predicted octanol–water partition coefficient (Wildman–Crippen LogP) is 2.99. The molecular formula is C22H34ClN3O2. The number of nitrogens with zero attached hydrogens (tertiary/aromatic N) is 2. The maximum Gasteiger partial charge on any atom is 0.245 e. The highest BCUT2D eigenvalue weighted by molar-refractivity contribution is 5.89. The van der Waals surface area contributed by atoms with E-state index in [0.29, 0.717) is 18.9 Å². The average molecular weight is 408 g/mol. The van der Waals surface area contributed by atoms with Crippen LogP contribution in [-0.2, 0) is 22.6 Å². The molecule has 2 N–H and O–H groups in total. The number of halogens is 1. The summed E-state index contributed by atoms with van der Waals surface area (Å²) in [6, 6.07) is 7.97. The van der Waals surface area contributed by atoms with Gasteiger partial charge in [0.15, 0.2) is 0 Å². The summed E-state index contributed by atoms with van der Waals surface area (Å²) in [5, 5.41) is 0. The van der Waals surface area contributed by atoms with E-state index in [4.69, 9.17) is 5.73 Å². The Balaban J connectivity index is 0.00000280. The Labute approximate surface area is 175 Å². The summed E-state index contributed by atoms with van der Waals surface area (Å²) in [7, 11) is 0. The maximum atomic E-state index is 13.4. The first-order chi connectivity index (χ1) is 12.9. The van der Waals surface area contributed by atoms with Crippen LogP contribution in [0.15, 0.2) is 24.3 Å². The molecule has 1 fully saturated rings. The van der Waals surface area contributed by atoms with Crippen LogP contribution >= 0.6 is 12.4 Å². The van der Waals surface area contributed by atoms with Gasteiger partial charge in [-0.2, -0.15) is 0 Å². The maximum absolute atomic E-state index is 13.4. The first-order valence-corrected chi connectivity index (χ1v) is 10.3. The van der Waals surface area contributed by atoms with Gasteiger partial charge < -0.3 is 15.5 Å². The quantitative estimate of drug-likeness (QED) is 0.834. The average Bonchev–Trinajstić information content (AvgIpc) is 2.71. The zero-order chi connectivity index (χ0) is 19.6. The molecule has 3 atom stereocenters. The third-order valence-corrected chi connectivity index (χ3v) is 6.45. The van der Waals surface area contributed by atoms with Crippen LogP contribution in [0.4, 0.5) is 0 Å². The standard InChI is InChI=1S/C22H33N3O2.ClH/c1-4-15(2)21(26)25-14-19-8-6-5-7-18(19)13-20(25)22(27)24-11-9-17(10-12-24)16(3)23;/h5-8,15-17,20H,4,9-14,23H2,1-3H3;1H. The van der Waals surface area contributed by atoms with E-state index in [-0.39, 0.29) is 42.2 Å². The molecule has 2 aliphatic heterocycles. The van der Waals surface area contributed by atoms with Gasteiger partial charge in [-0.1, -0.05) is 38.1 Å². The molecule has 0 spiro atoms. The van der Waals surface area contributed by atoms with Crippen molar-refractivity contribution in [3.63, 3.8) is 0 Å². The summed E-state index contributed by atoms with van der Waals surface area (Å²) >= 11 is 0. The van der Waals surface area contributed by atoms with Crippen LogP contribution in [0.3, 0.4) is 0 Å². The number of carbonyl (C=O) groups excluding carboxylic acids is 2. The van der Waals surface area contributed by atoms with Crippen molar-refractivity contribution >= 4 is 24.2 Å². The smallest absolute Gasteiger partial charge is 0.245 e. The molecule has 3 unspecified atom stereocenters. The largest absolute Gasteiger partial charge is 0.341 e. The number of likely N-dealkylation sites (tertiary alicyclic amines) is 1. The zero-order valence-corrected chi connectivity index (χ0v) is 18.1. The summed E-state index contributed by atoms with van der Waals surface area (Å²) in [6.07, 6.45) is 3.31. The molecule has 1 saturated heterocycles. The summed E-state index contributed by atoms with van der Waals surface area (Å²) in [5.41, 5.74) is 8.39. The Bertz CT molecular complexity index is 686. The number of carbonyl (C=O) groups is 2. The second-order valence-electron chi connectivity index (χ2n) is 8.29. The Morgan fingerprint density at radius 3 is 2.32 bits per heavy atom. The lowest BCUT2D eigenvalue weighted by molar-refractivity contribution is -0.150. The molecule has 156 valence electrons. The van der Waals surface area contributed by atoms with Gasteiger partial charge in [-0.05, 0) is 43.2 Å². The van der Waals surface area contributed by atoms with Crippen LogP contribution in [0.5, 0.6) is 0 Å². The highest BCUT2D eigenvalue weighted by Crippen LogP contribution is 2.28. The minimum Gasteiger partial charge on any atom is -0.341 e. The molecule has 1 aromatic carbocycles. The second-order valence-corrected chi connectivity index (χ2v) is 8.29. The van der Waals surface area contributed by atoms with E-state index < -0.39 is 0 Å². The van der Waals surface area contributed by atoms with Crippen molar-refractivity contribution in [3.8, 4) is 0 Å². The molecule has 0 aromatic heterocycles. The first-order valence-electron chi connectivity index (χ1n) is 10.3. The van der Waals surface area contributed by atoms with Gasteiger partial charge in [-0.15, -0.1) is 12.4 Å². The van der Waals surface area contributed by atoms with Crippen LogP contribution in [-0.4, -0.2) is 46.8 Å². The monoisotopic (exact) mass is 407 g/mol. The summed E-state index contributed by atoms with van der Waals surface area (Å²) < 4.78 is 0. The minimum absolute atomic E-state index is 0. The van der Waals surface area contributed by atoms with E-state index in [1.807, 2.05) is 42.7 Å². The molecule has 28 heavy (non-hydrogen) atoms. The number of rotatable bonds is 4. The molecule has 0 aliphatic carbocycles. The Kier molecular flexibility index (Phi) is 7.90. The summed E-state index contributed by atoms with van der Waals surface area (Å²) in [5.74, 6) is 0.619. The van der Waals surface area contributed by atoms with Crippen molar-refractivity contribution in [2.45, 2.75) is 65.1 Å². The third-order valence-electron chi connectivity index (χ3n) is 6.45. The van der Waals surface area contributed by atoms with Gasteiger partial charge in [0.1, 0.15) is 6.04 Å². The molecule has 3 rings (SSSR count). The third kappa shape index (κ3) is 4.69. The van der Waals surface area contributed by atoms with Gasteiger partial charge in [0.25, 0.3) is 0 Å². The predicted molar refractivity (Wildman–Crippen MR) is 114 cm³/mol. The van der Waals surface area contributed by atoms with Gasteiger partial charge in [0.05, 0.1) is 0 Å². The second kappa shape index (κ2) is 9.75. The summed E-state index contributed by atoms with van der Waals surface area (Å²) in [4.78, 5) is 30.2. The Hall–Kier alpha value is -1.59. The zero-order valence-electron chi connectivity index (χ0n) is 17.3. The highest BCUT2D eigenvalue weighted by atomic mass is 35.5. The number of nitrogens with two attached hydrogens (primary N) is 1. The number of hydrogen-bond acceptors (Lipinski definition) is 3. The van der Waals surface area contributed by atoms with E-state index >= 15 is 0 Å². The number of amides is 2. The molecule has 2 heterocycles. The lowest BCUT2D eigenvalue weighted by Crippen LogP contribution is -2.56. The van der Waals surface area contributed by atoms with Crippen LogP contribution in [0, 0.1) is 11.8 Å². The molecular weight excluding hydrogens is 374 g/mol. The summed E-state index contributed by atoms with van der Waals surface area (Å²) in [6.45, 7) is 8.05. The topological polar surface area (TPSA) is 66.6 Å². The van der Waals surface area contributed by atoms with Gasteiger partial charge in [-0.25, -0.2) is 0 Å². The molecule has 6 heteroatoms. The van der Waals surface area contributed by atoms with Crippen LogP contribution in [0.25, 0.3) is 0 Å². The van der Waals surface area contributed by atoms with Crippen molar-refractivity contribution < 1.29 is 9.59 Å². The van der Waals surface area contributed by atoms with Gasteiger partial charge in [0, 0.05) is 38.0 Å². The van der Waals surface area contributed by atoms with E-state index in [1.54, 1.807) is 0 Å². The molecule has 1 aromatic rings. The van der Waals surface area contributed by atoms with Crippen molar-refractivity contribution in [3.05, 3.63) is 35.4 Å². The van der Waals surface area contributed by atoms with Crippen molar-refractivity contribution in [2.24, 2.45) is 17.6 Å². The number of hydrogen-bond donors (Lipinski definition) is 1. The van der Waals surface area contributed by atoms with Crippen LogP contribution in [0.1, 0.15) is 51.2 Å². The van der Waals surface area contributed by atoms with E-state index in [1.165, 1.54) is 5.56 Å².